The third-order valence-corrected chi connectivity index (χ3v) is 10.2. The molecule has 1 fully saturated rings. The number of anilines is 1. The van der Waals surface area contributed by atoms with Gasteiger partial charge in [-0.2, -0.15) is 0 Å². The number of benzene rings is 4. The second kappa shape index (κ2) is 15.5. The summed E-state index contributed by atoms with van der Waals surface area (Å²) in [6.45, 7) is 1.01. The molecule has 4 aromatic carbocycles. The van der Waals surface area contributed by atoms with Crippen LogP contribution >= 0.6 is 0 Å². The SMILES string of the molecule is N[C@H]1CC[C@H](N(C(=O)O)c2cc(CCCn3c(=O)oc4ccc(CNC[C@H](O)c5ccc(O)c6[nH]c(=O)ccc56)cc43)ccc2-c2ccccc2)CC1. The highest BCUT2D eigenvalue weighted by atomic mass is 16.4. The number of oxazole rings is 1. The molecule has 0 spiro atoms. The monoisotopic (exact) mass is 717 g/mol. The van der Waals surface area contributed by atoms with E-state index in [1.165, 1.54) is 17.0 Å². The van der Waals surface area contributed by atoms with Crippen molar-refractivity contribution >= 4 is 33.8 Å². The zero-order valence-corrected chi connectivity index (χ0v) is 29.2. The van der Waals surface area contributed by atoms with Crippen LogP contribution < -0.4 is 27.3 Å². The van der Waals surface area contributed by atoms with E-state index in [1.807, 2.05) is 60.7 Å². The summed E-state index contributed by atoms with van der Waals surface area (Å²) >= 11 is 0. The van der Waals surface area contributed by atoms with Gasteiger partial charge < -0.3 is 35.8 Å². The lowest BCUT2D eigenvalue weighted by Gasteiger charge is -2.35. The van der Waals surface area contributed by atoms with Crippen molar-refractivity contribution in [3.8, 4) is 16.9 Å². The normalized spacial score (nSPS) is 16.6. The highest BCUT2D eigenvalue weighted by Crippen LogP contribution is 2.36. The molecule has 12 heteroatoms. The number of aryl methyl sites for hydroxylation is 2. The van der Waals surface area contributed by atoms with Gasteiger partial charge in [-0.25, -0.2) is 9.59 Å². The fraction of sp³-hybridized carbons (Fsp3) is 0.293. The lowest BCUT2D eigenvalue weighted by atomic mass is 9.89. The Bertz CT molecular complexity index is 2360. The molecular weight excluding hydrogens is 674 g/mol. The van der Waals surface area contributed by atoms with Gasteiger partial charge in [-0.05, 0) is 91.1 Å². The maximum Gasteiger partial charge on any atom is 0.419 e. The van der Waals surface area contributed by atoms with Gasteiger partial charge in [0.1, 0.15) is 5.75 Å². The second-order valence-corrected chi connectivity index (χ2v) is 13.8. The minimum absolute atomic E-state index is 0.0720. The van der Waals surface area contributed by atoms with Crippen LogP contribution in [0.15, 0.2) is 105 Å². The number of nitrogens with two attached hydrogens (primary N) is 1. The minimum atomic E-state index is -0.984. The molecule has 0 bridgehead atoms. The van der Waals surface area contributed by atoms with E-state index in [9.17, 15) is 29.7 Å². The molecule has 0 aliphatic heterocycles. The van der Waals surface area contributed by atoms with Crippen LogP contribution in [0.4, 0.5) is 10.5 Å². The van der Waals surface area contributed by atoms with Gasteiger partial charge in [-0.15, -0.1) is 0 Å². The number of carboxylic acid groups (broad SMARTS) is 1. The van der Waals surface area contributed by atoms with Crippen molar-refractivity contribution in [3.05, 3.63) is 129 Å². The number of nitrogens with one attached hydrogen (secondary N) is 2. The Balaban J connectivity index is 1.05. The van der Waals surface area contributed by atoms with Crippen LogP contribution in [-0.2, 0) is 19.5 Å². The van der Waals surface area contributed by atoms with Crippen LogP contribution in [0.2, 0.25) is 0 Å². The fourth-order valence-electron chi connectivity index (χ4n) is 7.49. The first-order valence-corrected chi connectivity index (χ1v) is 18.0. The maximum atomic E-state index is 12.9. The number of phenolic OH excluding ortho intramolecular Hbond substituents is 1. The molecule has 1 amide bonds. The topological polar surface area (TPSA) is 187 Å². The van der Waals surface area contributed by atoms with Crippen LogP contribution in [0.3, 0.4) is 0 Å². The number of hydrogen-bond acceptors (Lipinski definition) is 8. The van der Waals surface area contributed by atoms with Crippen LogP contribution in [0.1, 0.15) is 54.9 Å². The smallest absolute Gasteiger partial charge is 0.419 e. The lowest BCUT2D eigenvalue weighted by Crippen LogP contribution is -2.44. The molecule has 6 aromatic rings. The average molecular weight is 718 g/mol. The molecule has 12 nitrogen and oxygen atoms in total. The van der Waals surface area contributed by atoms with Gasteiger partial charge >= 0.3 is 11.8 Å². The van der Waals surface area contributed by atoms with E-state index in [-0.39, 0.29) is 35.5 Å². The van der Waals surface area contributed by atoms with Crippen molar-refractivity contribution in [1.82, 2.24) is 14.9 Å². The van der Waals surface area contributed by atoms with Crippen LogP contribution in [0.5, 0.6) is 5.75 Å². The van der Waals surface area contributed by atoms with E-state index >= 15 is 0 Å². The molecular formula is C41H43N5O7. The number of aliphatic hydroxyl groups is 1. The zero-order chi connectivity index (χ0) is 37.1. The third-order valence-electron chi connectivity index (χ3n) is 10.2. The van der Waals surface area contributed by atoms with Gasteiger partial charge in [0.2, 0.25) is 5.56 Å². The molecule has 0 unspecified atom stereocenters. The summed E-state index contributed by atoms with van der Waals surface area (Å²) < 4.78 is 7.17. The number of aliphatic hydroxyl groups excluding tert-OH is 1. The summed E-state index contributed by atoms with van der Waals surface area (Å²) in [6.07, 6.45) is 2.31. The first kappa shape index (κ1) is 35.7. The van der Waals surface area contributed by atoms with E-state index in [0.717, 1.165) is 35.1 Å². The summed E-state index contributed by atoms with van der Waals surface area (Å²) in [5.41, 5.74) is 12.1. The molecule has 1 atom stereocenters. The highest BCUT2D eigenvalue weighted by molar-refractivity contribution is 5.94. The standard InChI is InChI=1S/C41H43N5O7/c42-28-10-12-29(13-11-28)46(40(50)51)33-21-25(8-14-30(33)27-6-2-1-3-7-27)5-4-20-45-34-22-26(9-18-37(34)53-41(45)52)23-43-24-36(48)31-15-17-35(47)39-32(31)16-19-38(49)44-39/h1-3,6-9,14-19,21-22,28-29,36,43,47-48H,4-5,10-13,20,23-24,42H2,(H,44,49)(H,50,51)/t28-,29-,36-/m0/s1. The van der Waals surface area contributed by atoms with Crippen molar-refractivity contribution in [3.63, 3.8) is 0 Å². The number of carbonyl (C=O) groups is 1. The van der Waals surface area contributed by atoms with Gasteiger partial charge in [0.05, 0.1) is 22.8 Å². The van der Waals surface area contributed by atoms with Crippen LogP contribution in [0.25, 0.3) is 33.1 Å². The Labute approximate surface area is 305 Å². The molecule has 1 aliphatic rings. The Kier molecular flexibility index (Phi) is 10.4. The first-order valence-electron chi connectivity index (χ1n) is 18.0. The van der Waals surface area contributed by atoms with Gasteiger partial charge in [0.25, 0.3) is 0 Å². The second-order valence-electron chi connectivity index (χ2n) is 13.8. The molecule has 0 radical (unpaired) electrons. The number of aromatic hydroxyl groups is 1. The van der Waals surface area contributed by atoms with Crippen molar-refractivity contribution in [1.29, 1.82) is 0 Å². The Hall–Kier alpha value is -5.69. The van der Waals surface area contributed by atoms with E-state index in [1.54, 1.807) is 22.8 Å². The van der Waals surface area contributed by atoms with Crippen LogP contribution in [0, 0.1) is 0 Å². The number of amides is 1. The Morgan fingerprint density at radius 3 is 2.51 bits per heavy atom. The number of aromatic nitrogens is 2. The van der Waals surface area contributed by atoms with E-state index < -0.39 is 18.0 Å². The molecule has 53 heavy (non-hydrogen) atoms. The number of H-pyrrole nitrogens is 1. The zero-order valence-electron chi connectivity index (χ0n) is 29.2. The van der Waals surface area contributed by atoms with Gasteiger partial charge in [-0.1, -0.05) is 54.6 Å². The van der Waals surface area contributed by atoms with Crippen molar-refractivity contribution in [2.45, 2.75) is 69.8 Å². The third kappa shape index (κ3) is 7.75. The first-order chi connectivity index (χ1) is 25.7. The number of rotatable bonds is 12. The molecule has 274 valence electrons. The largest absolute Gasteiger partial charge is 0.506 e. The van der Waals surface area contributed by atoms with Crippen molar-refractivity contribution < 1.29 is 24.5 Å². The molecule has 2 heterocycles. The minimum Gasteiger partial charge on any atom is -0.506 e. The van der Waals surface area contributed by atoms with Crippen molar-refractivity contribution in [2.75, 3.05) is 11.4 Å². The molecule has 7 N–H and O–H groups in total. The average Bonchev–Trinajstić information content (AvgIpc) is 3.47. The summed E-state index contributed by atoms with van der Waals surface area (Å²) in [4.78, 5) is 41.6. The van der Waals surface area contributed by atoms with E-state index in [0.29, 0.717) is 66.5 Å². The predicted octanol–water partition coefficient (Wildman–Crippen LogP) is 6.02. The van der Waals surface area contributed by atoms with E-state index in [2.05, 4.69) is 10.3 Å². The van der Waals surface area contributed by atoms with Crippen molar-refractivity contribution in [2.24, 2.45) is 5.73 Å². The molecule has 2 aromatic heterocycles. The molecule has 7 rings (SSSR count). The summed E-state index contributed by atoms with van der Waals surface area (Å²) in [5.74, 6) is -0.525. The number of phenols is 1. The number of nitrogens with zero attached hydrogens (tertiary/aromatic N) is 2. The summed E-state index contributed by atoms with van der Waals surface area (Å²) in [6, 6.07) is 27.2. The summed E-state index contributed by atoms with van der Waals surface area (Å²) in [5, 5.41) is 35.4. The molecule has 1 saturated carbocycles. The van der Waals surface area contributed by atoms with E-state index in [4.69, 9.17) is 10.2 Å². The summed E-state index contributed by atoms with van der Waals surface area (Å²) in [7, 11) is 0. The number of hydrogen-bond donors (Lipinski definition) is 6. The van der Waals surface area contributed by atoms with Gasteiger partial charge in [-0.3, -0.25) is 14.3 Å². The van der Waals surface area contributed by atoms with Crippen LogP contribution in [-0.4, -0.2) is 49.6 Å². The lowest BCUT2D eigenvalue weighted by molar-refractivity contribution is 0.176. The highest BCUT2D eigenvalue weighted by Gasteiger charge is 2.30. The molecule has 1 aliphatic carbocycles. The van der Waals surface area contributed by atoms with Gasteiger partial charge in [0, 0.05) is 48.7 Å². The Morgan fingerprint density at radius 1 is 0.962 bits per heavy atom. The predicted molar refractivity (Wildman–Crippen MR) is 204 cm³/mol. The van der Waals surface area contributed by atoms with Gasteiger partial charge in [0.15, 0.2) is 5.58 Å². The molecule has 0 saturated heterocycles. The number of pyridine rings is 1. The number of aromatic amines is 1. The quantitative estimate of drug-likeness (QED) is 0.0880. The maximum absolute atomic E-state index is 12.9. The number of fused-ring (bicyclic) bond motifs is 2. The fourth-order valence-corrected chi connectivity index (χ4v) is 7.49. The Morgan fingerprint density at radius 2 is 1.74 bits per heavy atom.